The first-order valence-corrected chi connectivity index (χ1v) is 5.66. The predicted molar refractivity (Wildman–Crippen MR) is 64.5 cm³/mol. The number of benzene rings is 1. The van der Waals surface area contributed by atoms with Gasteiger partial charge < -0.3 is 19.7 Å². The third-order valence-electron chi connectivity index (χ3n) is 1.96. The lowest BCUT2D eigenvalue weighted by atomic mass is 10.2. The number of carboxylic acids is 1. The molecule has 1 atom stereocenters. The summed E-state index contributed by atoms with van der Waals surface area (Å²) >= 11 is 3.18. The first kappa shape index (κ1) is 14.0. The van der Waals surface area contributed by atoms with Crippen LogP contribution in [0.4, 0.5) is 0 Å². The van der Waals surface area contributed by atoms with Crippen molar-refractivity contribution in [1.29, 1.82) is 0 Å². The number of rotatable bonds is 6. The highest BCUT2D eigenvalue weighted by Gasteiger charge is 2.13. The van der Waals surface area contributed by atoms with Crippen LogP contribution in [0.3, 0.4) is 0 Å². The molecule has 1 unspecified atom stereocenters. The number of aliphatic hydroxyl groups is 1. The Balaban J connectivity index is 2.73. The maximum atomic E-state index is 11.0. The predicted octanol–water partition coefficient (Wildman–Crippen LogP) is 1.53. The van der Waals surface area contributed by atoms with E-state index in [2.05, 4.69) is 15.9 Å². The van der Waals surface area contributed by atoms with Gasteiger partial charge in [-0.3, -0.25) is 0 Å². The fraction of sp³-hybridized carbons (Fsp3) is 0.364. The average molecular weight is 305 g/mol. The molecule has 0 spiro atoms. The van der Waals surface area contributed by atoms with Gasteiger partial charge in [-0.2, -0.15) is 0 Å². The molecule has 0 aliphatic heterocycles. The Labute approximate surface area is 107 Å². The molecule has 1 aromatic rings. The summed E-state index contributed by atoms with van der Waals surface area (Å²) in [6, 6.07) is 4.65. The molecule has 0 aliphatic carbocycles. The van der Waals surface area contributed by atoms with Crippen LogP contribution in [0.25, 0.3) is 0 Å². The minimum Gasteiger partial charge on any atom is -0.490 e. The molecule has 0 radical (unpaired) electrons. The van der Waals surface area contributed by atoms with Crippen LogP contribution in [0.15, 0.2) is 22.7 Å². The summed E-state index contributed by atoms with van der Waals surface area (Å²) in [6.45, 7) is 0.120. The molecule has 1 rings (SSSR count). The number of hydrogen-bond donors (Lipinski definition) is 2. The van der Waals surface area contributed by atoms with Crippen LogP contribution in [-0.4, -0.2) is 42.6 Å². The van der Waals surface area contributed by atoms with E-state index in [1.54, 1.807) is 6.07 Å². The van der Waals surface area contributed by atoms with Gasteiger partial charge in [0, 0.05) is 11.6 Å². The lowest BCUT2D eigenvalue weighted by Gasteiger charge is -2.13. The summed E-state index contributed by atoms with van der Waals surface area (Å²) in [5, 5.41) is 18.4. The number of carboxylic acid groups (broad SMARTS) is 1. The molecular formula is C11H13BrO5. The van der Waals surface area contributed by atoms with Gasteiger partial charge >= 0.3 is 5.97 Å². The third kappa shape index (κ3) is 4.33. The molecule has 2 N–H and O–H groups in total. The van der Waals surface area contributed by atoms with E-state index in [1.165, 1.54) is 19.2 Å². The maximum absolute atomic E-state index is 11.0. The Morgan fingerprint density at radius 3 is 2.76 bits per heavy atom. The molecule has 0 amide bonds. The van der Waals surface area contributed by atoms with E-state index in [0.717, 1.165) is 0 Å². The van der Waals surface area contributed by atoms with Crippen molar-refractivity contribution in [2.24, 2.45) is 0 Å². The fourth-order valence-corrected chi connectivity index (χ4v) is 1.58. The molecule has 0 aromatic heterocycles. The lowest BCUT2D eigenvalue weighted by molar-refractivity contribution is 0.0319. The monoisotopic (exact) mass is 304 g/mol. The molecule has 5 nitrogen and oxygen atoms in total. The van der Waals surface area contributed by atoms with Crippen molar-refractivity contribution in [1.82, 2.24) is 0 Å². The highest BCUT2D eigenvalue weighted by atomic mass is 79.9. The van der Waals surface area contributed by atoms with Gasteiger partial charge in [0.2, 0.25) is 0 Å². The van der Waals surface area contributed by atoms with E-state index in [-0.39, 0.29) is 24.5 Å². The summed E-state index contributed by atoms with van der Waals surface area (Å²) in [7, 11) is 1.46. The molecule has 0 bridgehead atoms. The zero-order valence-electron chi connectivity index (χ0n) is 9.22. The van der Waals surface area contributed by atoms with E-state index >= 15 is 0 Å². The summed E-state index contributed by atoms with van der Waals surface area (Å²) in [5.74, 6) is -0.863. The molecule has 17 heavy (non-hydrogen) atoms. The first-order valence-electron chi connectivity index (χ1n) is 4.87. The maximum Gasteiger partial charge on any atom is 0.339 e. The van der Waals surface area contributed by atoms with Gasteiger partial charge in [-0.05, 0) is 18.2 Å². The van der Waals surface area contributed by atoms with E-state index < -0.39 is 12.1 Å². The van der Waals surface area contributed by atoms with Gasteiger partial charge in [0.25, 0.3) is 0 Å². The van der Waals surface area contributed by atoms with Crippen LogP contribution >= 0.6 is 15.9 Å². The van der Waals surface area contributed by atoms with Crippen LogP contribution in [0.5, 0.6) is 5.75 Å². The van der Waals surface area contributed by atoms with E-state index in [1.807, 2.05) is 0 Å². The number of hydrogen-bond acceptors (Lipinski definition) is 4. The van der Waals surface area contributed by atoms with Gasteiger partial charge in [-0.15, -0.1) is 0 Å². The van der Waals surface area contributed by atoms with Crippen molar-refractivity contribution >= 4 is 21.9 Å². The van der Waals surface area contributed by atoms with Gasteiger partial charge in [0.15, 0.2) is 0 Å². The van der Waals surface area contributed by atoms with Crippen molar-refractivity contribution in [3.8, 4) is 5.75 Å². The molecular weight excluding hydrogens is 292 g/mol. The average Bonchev–Trinajstić information content (AvgIpc) is 2.27. The minimum absolute atomic E-state index is 0.0181. The number of methoxy groups -OCH3 is 1. The van der Waals surface area contributed by atoms with Crippen LogP contribution < -0.4 is 4.74 Å². The highest BCUT2D eigenvalue weighted by Crippen LogP contribution is 2.23. The van der Waals surface area contributed by atoms with Crippen molar-refractivity contribution in [2.75, 3.05) is 20.3 Å². The number of carbonyl (C=O) groups is 1. The number of halogens is 1. The Bertz CT molecular complexity index is 393. The minimum atomic E-state index is -1.08. The SMILES string of the molecule is COCC(O)COc1ccc(Br)cc1C(=O)O. The highest BCUT2D eigenvalue weighted by molar-refractivity contribution is 9.10. The molecule has 6 heteroatoms. The standard InChI is InChI=1S/C11H13BrO5/c1-16-5-8(13)6-17-10-3-2-7(12)4-9(10)11(14)15/h2-4,8,13H,5-6H2,1H3,(H,14,15). The molecule has 0 aliphatic rings. The second kappa shape index (κ2) is 6.58. The van der Waals surface area contributed by atoms with E-state index in [9.17, 15) is 9.90 Å². The Morgan fingerprint density at radius 2 is 2.18 bits per heavy atom. The van der Waals surface area contributed by atoms with Gasteiger partial charge in [0.1, 0.15) is 24.0 Å². The van der Waals surface area contributed by atoms with Crippen LogP contribution in [-0.2, 0) is 4.74 Å². The van der Waals surface area contributed by atoms with Crippen LogP contribution in [0, 0.1) is 0 Å². The summed E-state index contributed by atoms with van der Waals surface area (Å²) < 4.78 is 10.6. The third-order valence-corrected chi connectivity index (χ3v) is 2.46. The molecule has 0 fully saturated rings. The van der Waals surface area contributed by atoms with Gasteiger partial charge in [-0.1, -0.05) is 15.9 Å². The molecule has 1 aromatic carbocycles. The van der Waals surface area contributed by atoms with Crippen LogP contribution in [0.2, 0.25) is 0 Å². The number of ether oxygens (including phenoxy) is 2. The van der Waals surface area contributed by atoms with Gasteiger partial charge in [-0.25, -0.2) is 4.79 Å². The fourth-order valence-electron chi connectivity index (χ4n) is 1.22. The zero-order valence-corrected chi connectivity index (χ0v) is 10.8. The summed E-state index contributed by atoms with van der Waals surface area (Å²) in [6.07, 6.45) is -0.787. The Hall–Kier alpha value is -1.11. The van der Waals surface area contributed by atoms with Crippen molar-refractivity contribution in [2.45, 2.75) is 6.10 Å². The summed E-state index contributed by atoms with van der Waals surface area (Å²) in [5.41, 5.74) is 0.0454. The lowest BCUT2D eigenvalue weighted by Crippen LogP contribution is -2.23. The molecule has 94 valence electrons. The smallest absolute Gasteiger partial charge is 0.339 e. The molecule has 0 heterocycles. The normalized spacial score (nSPS) is 12.2. The van der Waals surface area contributed by atoms with E-state index in [0.29, 0.717) is 4.47 Å². The van der Waals surface area contributed by atoms with Crippen molar-refractivity contribution in [3.05, 3.63) is 28.2 Å². The molecule has 0 saturated carbocycles. The van der Waals surface area contributed by atoms with Crippen molar-refractivity contribution in [3.63, 3.8) is 0 Å². The first-order chi connectivity index (χ1) is 8.04. The Kier molecular flexibility index (Phi) is 5.40. The quantitative estimate of drug-likeness (QED) is 0.833. The number of aliphatic hydroxyl groups excluding tert-OH is 1. The zero-order chi connectivity index (χ0) is 12.8. The number of aromatic carboxylic acids is 1. The largest absolute Gasteiger partial charge is 0.490 e. The topological polar surface area (TPSA) is 76.0 Å². The molecule has 0 saturated heterocycles. The second-order valence-corrected chi connectivity index (χ2v) is 4.28. The van der Waals surface area contributed by atoms with Crippen molar-refractivity contribution < 1.29 is 24.5 Å². The van der Waals surface area contributed by atoms with Crippen LogP contribution in [0.1, 0.15) is 10.4 Å². The second-order valence-electron chi connectivity index (χ2n) is 3.37. The summed E-state index contributed by atoms with van der Waals surface area (Å²) in [4.78, 5) is 11.0. The Morgan fingerprint density at radius 1 is 1.47 bits per heavy atom. The van der Waals surface area contributed by atoms with E-state index in [4.69, 9.17) is 14.6 Å². The van der Waals surface area contributed by atoms with Gasteiger partial charge in [0.05, 0.1) is 6.61 Å².